The zero-order chi connectivity index (χ0) is 27.7. The van der Waals surface area contributed by atoms with Crippen molar-refractivity contribution in [2.45, 2.75) is 32.9 Å². The van der Waals surface area contributed by atoms with E-state index in [0.29, 0.717) is 11.7 Å². The quantitative estimate of drug-likeness (QED) is 0.225. The van der Waals surface area contributed by atoms with Gasteiger partial charge in [0.15, 0.2) is 12.4 Å². The van der Waals surface area contributed by atoms with Gasteiger partial charge in [-0.15, -0.1) is 11.3 Å². The number of aromatic nitrogens is 3. The number of hydrogen-bond donors (Lipinski definition) is 2. The summed E-state index contributed by atoms with van der Waals surface area (Å²) in [6.45, 7) is 4.27. The van der Waals surface area contributed by atoms with E-state index in [1.165, 1.54) is 28.6 Å². The average Bonchev–Trinajstić information content (AvgIpc) is 3.67. The Hall–Kier alpha value is -4.58. The largest absolute Gasteiger partial charge is 0.471 e. The minimum atomic E-state index is -2.86. The lowest BCUT2D eigenvalue weighted by Crippen LogP contribution is -2.17. The Bertz CT molecular complexity index is 1640. The number of thiophene rings is 1. The van der Waals surface area contributed by atoms with Crippen LogP contribution in [0.25, 0.3) is 21.5 Å². The first kappa shape index (κ1) is 26.0. The molecule has 0 saturated carbocycles. The molecule has 3 N–H and O–H groups in total. The fraction of sp³-hybridized carbons (Fsp3) is 0.185. The molecule has 0 spiro atoms. The second-order valence-corrected chi connectivity index (χ2v) is 9.91. The fourth-order valence-corrected chi connectivity index (χ4v) is 4.98. The summed E-state index contributed by atoms with van der Waals surface area (Å²) in [5.41, 5.74) is 6.58. The molecule has 0 fully saturated rings. The highest BCUT2D eigenvalue weighted by atomic mass is 32.1. The van der Waals surface area contributed by atoms with Gasteiger partial charge in [0.1, 0.15) is 26.9 Å². The van der Waals surface area contributed by atoms with Gasteiger partial charge in [-0.1, -0.05) is 26.0 Å². The van der Waals surface area contributed by atoms with E-state index in [1.807, 2.05) is 24.3 Å². The highest BCUT2D eigenvalue weighted by molar-refractivity contribution is 7.21. The van der Waals surface area contributed by atoms with E-state index in [-0.39, 0.29) is 44.5 Å². The number of nitrogens with one attached hydrogen (secondary N) is 1. The SMILES string of the molecule is CC(C)c1ccc(OCn2ccc(C(=O)Nc3c(C(N)=O)sc4nc(C(F)F)cc(-c5ccco5)c34)n2)cc1. The van der Waals surface area contributed by atoms with E-state index in [1.54, 1.807) is 18.3 Å². The zero-order valence-electron chi connectivity index (χ0n) is 20.9. The Morgan fingerprint density at radius 2 is 1.95 bits per heavy atom. The first-order valence-electron chi connectivity index (χ1n) is 11.9. The van der Waals surface area contributed by atoms with E-state index in [9.17, 15) is 18.4 Å². The number of alkyl halides is 2. The molecule has 200 valence electrons. The van der Waals surface area contributed by atoms with Crippen LogP contribution in [0.15, 0.2) is 65.4 Å². The van der Waals surface area contributed by atoms with E-state index in [0.717, 1.165) is 11.3 Å². The molecule has 0 unspecified atom stereocenters. The smallest absolute Gasteiger partial charge is 0.280 e. The van der Waals surface area contributed by atoms with E-state index in [2.05, 4.69) is 29.2 Å². The van der Waals surface area contributed by atoms with Gasteiger partial charge in [-0.2, -0.15) is 5.10 Å². The number of carbonyl (C=O) groups excluding carboxylic acids is 2. The lowest BCUT2D eigenvalue weighted by molar-refractivity contribution is 0.100. The molecule has 5 aromatic rings. The number of pyridine rings is 1. The van der Waals surface area contributed by atoms with Crippen LogP contribution in [-0.2, 0) is 6.73 Å². The Kier molecular flexibility index (Phi) is 7.11. The molecule has 5 rings (SSSR count). The summed E-state index contributed by atoms with van der Waals surface area (Å²) >= 11 is 0.805. The van der Waals surface area contributed by atoms with Crippen molar-refractivity contribution < 1.29 is 27.5 Å². The van der Waals surface area contributed by atoms with Crippen molar-refractivity contribution in [1.82, 2.24) is 14.8 Å². The molecule has 0 atom stereocenters. The Morgan fingerprint density at radius 3 is 2.59 bits per heavy atom. The van der Waals surface area contributed by atoms with Gasteiger partial charge in [0.2, 0.25) is 0 Å². The van der Waals surface area contributed by atoms with E-state index >= 15 is 0 Å². The highest BCUT2D eigenvalue weighted by Crippen LogP contribution is 2.42. The second kappa shape index (κ2) is 10.7. The van der Waals surface area contributed by atoms with E-state index in [4.69, 9.17) is 14.9 Å². The average molecular weight is 552 g/mol. The van der Waals surface area contributed by atoms with Crippen LogP contribution in [0.2, 0.25) is 0 Å². The second-order valence-electron chi connectivity index (χ2n) is 8.92. The van der Waals surface area contributed by atoms with Crippen LogP contribution >= 0.6 is 11.3 Å². The van der Waals surface area contributed by atoms with Gasteiger partial charge in [-0.05, 0) is 47.9 Å². The van der Waals surface area contributed by atoms with Crippen molar-refractivity contribution in [2.75, 3.05) is 5.32 Å². The molecule has 2 amide bonds. The number of ether oxygens (including phenoxy) is 1. The number of hydrogen-bond acceptors (Lipinski definition) is 7. The summed E-state index contributed by atoms with van der Waals surface area (Å²) in [6.07, 6.45) is 0.0964. The van der Waals surface area contributed by atoms with Crippen molar-refractivity contribution in [3.63, 3.8) is 0 Å². The Balaban J connectivity index is 1.42. The van der Waals surface area contributed by atoms with Crippen LogP contribution in [0.5, 0.6) is 5.75 Å². The maximum atomic E-state index is 13.6. The number of carbonyl (C=O) groups is 2. The van der Waals surface area contributed by atoms with Gasteiger partial charge in [0.25, 0.3) is 18.2 Å². The third kappa shape index (κ3) is 5.36. The summed E-state index contributed by atoms with van der Waals surface area (Å²) < 4.78 is 39.8. The molecule has 0 aliphatic carbocycles. The van der Waals surface area contributed by atoms with Gasteiger partial charge in [-0.3, -0.25) is 9.59 Å². The third-order valence-corrected chi connectivity index (χ3v) is 7.04. The number of amides is 2. The minimum Gasteiger partial charge on any atom is -0.471 e. The monoisotopic (exact) mass is 551 g/mol. The molecular formula is C27H23F2N5O4S. The van der Waals surface area contributed by atoms with Crippen LogP contribution in [-0.4, -0.2) is 26.6 Å². The molecule has 4 heterocycles. The standard InChI is InChI=1S/C27H23F2N5O4S/c1-14(2)15-5-7-16(8-6-15)38-13-34-10-9-18(33-34)26(36)32-22-21-17(20-4-3-11-37-20)12-19(24(28)29)31-27(21)39-23(22)25(30)35/h3-12,14,24H,13H2,1-2H3,(H2,30,35)(H,32,36). The maximum absolute atomic E-state index is 13.6. The predicted molar refractivity (Wildman–Crippen MR) is 142 cm³/mol. The van der Waals surface area contributed by atoms with Crippen molar-refractivity contribution in [3.8, 4) is 17.1 Å². The van der Waals surface area contributed by atoms with Crippen LogP contribution in [0.1, 0.15) is 57.6 Å². The predicted octanol–water partition coefficient (Wildman–Crippen LogP) is 6.20. The molecule has 0 saturated heterocycles. The van der Waals surface area contributed by atoms with Crippen LogP contribution in [0.3, 0.4) is 0 Å². The van der Waals surface area contributed by atoms with Crippen LogP contribution < -0.4 is 15.8 Å². The van der Waals surface area contributed by atoms with Gasteiger partial charge in [0.05, 0.1) is 12.0 Å². The number of primary amides is 1. The molecule has 0 aliphatic heterocycles. The summed E-state index contributed by atoms with van der Waals surface area (Å²) in [7, 11) is 0. The topological polar surface area (TPSA) is 125 Å². The number of nitrogens with two attached hydrogens (primary N) is 1. The summed E-state index contributed by atoms with van der Waals surface area (Å²) in [5, 5.41) is 7.18. The summed E-state index contributed by atoms with van der Waals surface area (Å²) in [6, 6.07) is 13.5. The van der Waals surface area contributed by atoms with Crippen molar-refractivity contribution >= 4 is 39.1 Å². The number of furan rings is 1. The third-order valence-electron chi connectivity index (χ3n) is 5.94. The number of fused-ring (bicyclic) bond motifs is 1. The lowest BCUT2D eigenvalue weighted by Gasteiger charge is -2.09. The van der Waals surface area contributed by atoms with E-state index < -0.39 is 23.9 Å². The summed E-state index contributed by atoms with van der Waals surface area (Å²) in [4.78, 5) is 29.5. The first-order valence-corrected chi connectivity index (χ1v) is 12.7. The molecular weight excluding hydrogens is 528 g/mol. The number of halogens is 2. The Morgan fingerprint density at radius 1 is 1.18 bits per heavy atom. The van der Waals surface area contributed by atoms with Crippen molar-refractivity contribution in [1.29, 1.82) is 0 Å². The van der Waals surface area contributed by atoms with Crippen LogP contribution in [0, 0.1) is 0 Å². The number of anilines is 1. The number of rotatable bonds is 9. The van der Waals surface area contributed by atoms with Crippen molar-refractivity contribution in [2.24, 2.45) is 5.73 Å². The summed E-state index contributed by atoms with van der Waals surface area (Å²) in [5.74, 6) is -0.173. The molecule has 0 bridgehead atoms. The van der Waals surface area contributed by atoms with Gasteiger partial charge in [-0.25, -0.2) is 18.4 Å². The number of benzene rings is 1. The lowest BCUT2D eigenvalue weighted by atomic mass is 10.0. The highest BCUT2D eigenvalue weighted by Gasteiger charge is 2.26. The van der Waals surface area contributed by atoms with Crippen molar-refractivity contribution in [3.05, 3.63) is 82.8 Å². The maximum Gasteiger partial charge on any atom is 0.280 e. The van der Waals surface area contributed by atoms with Crippen LogP contribution in [0.4, 0.5) is 14.5 Å². The molecule has 39 heavy (non-hydrogen) atoms. The molecule has 4 aromatic heterocycles. The normalized spacial score (nSPS) is 11.4. The van der Waals surface area contributed by atoms with Gasteiger partial charge < -0.3 is 20.2 Å². The molecule has 0 radical (unpaired) electrons. The first-order chi connectivity index (χ1) is 18.7. The Labute approximate surface area is 225 Å². The fourth-order valence-electron chi connectivity index (χ4n) is 3.97. The minimum absolute atomic E-state index is 0.0419. The van der Waals surface area contributed by atoms with Gasteiger partial charge in [0, 0.05) is 17.1 Å². The molecule has 9 nitrogen and oxygen atoms in total. The molecule has 1 aromatic carbocycles. The number of nitrogens with zero attached hydrogens (tertiary/aromatic N) is 3. The molecule has 0 aliphatic rings. The zero-order valence-corrected chi connectivity index (χ0v) is 21.7. The van der Waals surface area contributed by atoms with Gasteiger partial charge >= 0.3 is 0 Å². The molecule has 12 heteroatoms.